The van der Waals surface area contributed by atoms with Gasteiger partial charge in [0.1, 0.15) is 0 Å². The van der Waals surface area contributed by atoms with Crippen LogP contribution in [0.4, 0.5) is 5.69 Å². The molecule has 1 amide bonds. The molecule has 1 N–H and O–H groups in total. The Bertz CT molecular complexity index is 659. The maximum atomic E-state index is 13.4. The third-order valence-electron chi connectivity index (χ3n) is 7.04. The molecule has 3 heterocycles. The van der Waals surface area contributed by atoms with Gasteiger partial charge < -0.3 is 14.9 Å². The Labute approximate surface area is 162 Å². The van der Waals surface area contributed by atoms with Crippen LogP contribution < -0.4 is 4.90 Å². The van der Waals surface area contributed by atoms with Gasteiger partial charge in [0.05, 0.1) is 17.7 Å². The lowest BCUT2D eigenvalue weighted by molar-refractivity contribution is -0.145. The lowest BCUT2D eigenvalue weighted by Gasteiger charge is -2.40. The number of pyridine rings is 1. The van der Waals surface area contributed by atoms with Crippen molar-refractivity contribution in [3.63, 3.8) is 0 Å². The molecule has 1 atom stereocenters. The third kappa shape index (κ3) is 3.98. The first-order chi connectivity index (χ1) is 13.2. The van der Waals surface area contributed by atoms with Crippen molar-refractivity contribution in [2.24, 2.45) is 11.3 Å². The van der Waals surface area contributed by atoms with E-state index in [-0.39, 0.29) is 12.0 Å². The zero-order valence-corrected chi connectivity index (χ0v) is 16.4. The van der Waals surface area contributed by atoms with Crippen LogP contribution in [0.2, 0.25) is 0 Å². The number of amides is 1. The minimum absolute atomic E-state index is 0.0410. The van der Waals surface area contributed by atoms with E-state index in [0.29, 0.717) is 11.6 Å². The van der Waals surface area contributed by atoms with Crippen LogP contribution in [0, 0.1) is 11.3 Å². The quantitative estimate of drug-likeness (QED) is 0.862. The molecule has 5 heteroatoms. The molecule has 0 bridgehead atoms. The van der Waals surface area contributed by atoms with Gasteiger partial charge in [0.15, 0.2) is 0 Å². The first-order valence-corrected chi connectivity index (χ1v) is 10.8. The number of aliphatic hydroxyl groups is 1. The van der Waals surface area contributed by atoms with E-state index in [0.717, 1.165) is 57.0 Å². The topological polar surface area (TPSA) is 56.7 Å². The number of hydrogen-bond donors (Lipinski definition) is 1. The van der Waals surface area contributed by atoms with E-state index in [1.807, 2.05) is 12.1 Å². The number of anilines is 1. The highest BCUT2D eigenvalue weighted by atomic mass is 16.3. The number of piperidine rings is 1. The summed E-state index contributed by atoms with van der Waals surface area (Å²) < 4.78 is 0. The lowest BCUT2D eigenvalue weighted by Crippen LogP contribution is -2.50. The van der Waals surface area contributed by atoms with Gasteiger partial charge in [-0.2, -0.15) is 0 Å². The molecule has 2 saturated heterocycles. The molecule has 3 fully saturated rings. The number of aliphatic hydroxyl groups excluding tert-OH is 1. The molecular formula is C22H33N3O2. The molecular weight excluding hydrogens is 338 g/mol. The van der Waals surface area contributed by atoms with Gasteiger partial charge in [-0.05, 0) is 43.7 Å². The Morgan fingerprint density at radius 3 is 2.81 bits per heavy atom. The predicted octanol–water partition coefficient (Wildman–Crippen LogP) is 3.36. The average Bonchev–Trinajstić information content (AvgIpc) is 3.15. The molecule has 27 heavy (non-hydrogen) atoms. The molecule has 2 aliphatic heterocycles. The molecule has 1 unspecified atom stereocenters. The van der Waals surface area contributed by atoms with Crippen LogP contribution >= 0.6 is 0 Å². The number of aromatic nitrogens is 1. The van der Waals surface area contributed by atoms with Gasteiger partial charge in [-0.3, -0.25) is 9.78 Å². The number of hydrogen-bond acceptors (Lipinski definition) is 4. The van der Waals surface area contributed by atoms with Crippen molar-refractivity contribution in [2.75, 3.05) is 31.1 Å². The van der Waals surface area contributed by atoms with Crippen LogP contribution in [0.3, 0.4) is 0 Å². The van der Waals surface area contributed by atoms with Crippen molar-refractivity contribution in [3.05, 3.63) is 24.0 Å². The Morgan fingerprint density at radius 1 is 1.15 bits per heavy atom. The zero-order chi connectivity index (χ0) is 18.7. The molecule has 1 aliphatic carbocycles. The van der Waals surface area contributed by atoms with Gasteiger partial charge in [-0.1, -0.05) is 32.1 Å². The summed E-state index contributed by atoms with van der Waals surface area (Å²) in [6.07, 6.45) is 12.9. The summed E-state index contributed by atoms with van der Waals surface area (Å²) in [7, 11) is 0. The summed E-state index contributed by atoms with van der Waals surface area (Å²) in [5.74, 6) is 1.22. The Morgan fingerprint density at radius 2 is 2.00 bits per heavy atom. The molecule has 5 nitrogen and oxygen atoms in total. The maximum absolute atomic E-state index is 13.4. The molecule has 1 spiro atoms. The van der Waals surface area contributed by atoms with Crippen LogP contribution in [-0.4, -0.2) is 47.1 Å². The second-order valence-electron chi connectivity index (χ2n) is 8.80. The van der Waals surface area contributed by atoms with Gasteiger partial charge >= 0.3 is 0 Å². The fourth-order valence-electron chi connectivity index (χ4n) is 5.40. The van der Waals surface area contributed by atoms with Crippen LogP contribution in [0.5, 0.6) is 0 Å². The van der Waals surface area contributed by atoms with Gasteiger partial charge in [0.25, 0.3) is 0 Å². The molecule has 1 aromatic heterocycles. The molecule has 148 valence electrons. The summed E-state index contributed by atoms with van der Waals surface area (Å²) in [6.45, 7) is 3.57. The lowest BCUT2D eigenvalue weighted by atomic mass is 9.78. The van der Waals surface area contributed by atoms with E-state index in [2.05, 4.69) is 14.8 Å². The fourth-order valence-corrected chi connectivity index (χ4v) is 5.40. The molecule has 1 saturated carbocycles. The molecule has 4 rings (SSSR count). The molecule has 3 aliphatic rings. The molecule has 0 aromatic carbocycles. The number of rotatable bonds is 5. The summed E-state index contributed by atoms with van der Waals surface area (Å²) >= 11 is 0. The smallest absolute Gasteiger partial charge is 0.230 e. The van der Waals surface area contributed by atoms with Crippen molar-refractivity contribution in [3.8, 4) is 0 Å². The summed E-state index contributed by atoms with van der Waals surface area (Å²) in [4.78, 5) is 22.0. The van der Waals surface area contributed by atoms with Gasteiger partial charge in [-0.25, -0.2) is 0 Å². The number of nitrogens with zero attached hydrogens (tertiary/aromatic N) is 3. The van der Waals surface area contributed by atoms with Gasteiger partial charge in [0, 0.05) is 38.1 Å². The van der Waals surface area contributed by atoms with Gasteiger partial charge in [0.2, 0.25) is 5.91 Å². The molecule has 1 aromatic rings. The van der Waals surface area contributed by atoms with Crippen molar-refractivity contribution >= 4 is 11.6 Å². The highest BCUT2D eigenvalue weighted by molar-refractivity contribution is 5.85. The first-order valence-electron chi connectivity index (χ1n) is 10.8. The average molecular weight is 372 g/mol. The summed E-state index contributed by atoms with van der Waals surface area (Å²) in [5.41, 5.74) is 1.57. The summed E-state index contributed by atoms with van der Waals surface area (Å²) in [6, 6.07) is 3.94. The molecule has 0 radical (unpaired) electrons. The highest BCUT2D eigenvalue weighted by Gasteiger charge is 2.48. The van der Waals surface area contributed by atoms with E-state index in [4.69, 9.17) is 0 Å². The van der Waals surface area contributed by atoms with Crippen molar-refractivity contribution < 1.29 is 9.90 Å². The largest absolute Gasteiger partial charge is 0.390 e. The van der Waals surface area contributed by atoms with E-state index in [9.17, 15) is 9.90 Å². The number of likely N-dealkylation sites (tertiary alicyclic amines) is 1. The predicted molar refractivity (Wildman–Crippen MR) is 106 cm³/mol. The normalized spacial score (nSPS) is 26.9. The second kappa shape index (κ2) is 8.17. The van der Waals surface area contributed by atoms with Crippen LogP contribution in [-0.2, 0) is 11.4 Å². The van der Waals surface area contributed by atoms with Crippen LogP contribution in [0.15, 0.2) is 18.3 Å². The van der Waals surface area contributed by atoms with E-state index < -0.39 is 0 Å². The maximum Gasteiger partial charge on any atom is 0.230 e. The summed E-state index contributed by atoms with van der Waals surface area (Å²) in [5, 5.41) is 9.35. The fraction of sp³-hybridized carbons (Fsp3) is 0.727. The first kappa shape index (κ1) is 18.7. The third-order valence-corrected chi connectivity index (χ3v) is 7.04. The monoisotopic (exact) mass is 371 g/mol. The second-order valence-corrected chi connectivity index (χ2v) is 8.80. The van der Waals surface area contributed by atoms with Crippen LogP contribution in [0.1, 0.15) is 63.5 Å². The Kier molecular flexibility index (Phi) is 5.67. The van der Waals surface area contributed by atoms with Crippen molar-refractivity contribution in [1.82, 2.24) is 9.88 Å². The van der Waals surface area contributed by atoms with E-state index >= 15 is 0 Å². The highest BCUT2D eigenvalue weighted by Crippen LogP contribution is 2.42. The minimum Gasteiger partial charge on any atom is -0.390 e. The Hall–Kier alpha value is -1.62. The van der Waals surface area contributed by atoms with Gasteiger partial charge in [-0.15, -0.1) is 0 Å². The zero-order valence-electron chi connectivity index (χ0n) is 16.4. The minimum atomic E-state index is -0.201. The number of carbonyl (C=O) groups is 1. The standard InChI is InChI=1S/C22H33N3O2/c26-16-19-15-20(7-11-23-19)25-14-10-22(17-25)9-4-12-24(21(22)27)13-8-18-5-2-1-3-6-18/h7,11,15,18,26H,1-6,8-10,12-14,16-17H2. The van der Waals surface area contributed by atoms with Crippen molar-refractivity contribution in [2.45, 2.75) is 64.4 Å². The Balaban J connectivity index is 1.39. The van der Waals surface area contributed by atoms with E-state index in [1.165, 1.54) is 38.5 Å². The number of carbonyl (C=O) groups excluding carboxylic acids is 1. The SMILES string of the molecule is O=C1N(CCC2CCCCC2)CCCC12CCN(c1ccnc(CO)c1)C2. The van der Waals surface area contributed by atoms with Crippen molar-refractivity contribution in [1.29, 1.82) is 0 Å². The van der Waals surface area contributed by atoms with E-state index in [1.54, 1.807) is 6.20 Å². The van der Waals surface area contributed by atoms with Crippen LogP contribution in [0.25, 0.3) is 0 Å².